The summed E-state index contributed by atoms with van der Waals surface area (Å²) in [5.41, 5.74) is 5.53. The molecule has 0 atom stereocenters. The first kappa shape index (κ1) is 20.0. The number of nitrogens with one attached hydrogen (secondary N) is 1. The molecule has 3 aromatic rings. The number of carbonyl (C=O) groups is 2. The molecule has 6 nitrogen and oxygen atoms in total. The maximum atomic E-state index is 12.9. The van der Waals surface area contributed by atoms with Crippen molar-refractivity contribution in [3.8, 4) is 0 Å². The van der Waals surface area contributed by atoms with E-state index >= 15 is 0 Å². The van der Waals surface area contributed by atoms with Gasteiger partial charge in [0.2, 0.25) is 11.8 Å². The molecule has 1 aromatic heterocycles. The highest BCUT2D eigenvalue weighted by molar-refractivity contribution is 6.01. The zero-order valence-electron chi connectivity index (χ0n) is 17.8. The first-order valence-corrected chi connectivity index (χ1v) is 10.4. The van der Waals surface area contributed by atoms with E-state index in [9.17, 15) is 9.59 Å². The molecule has 1 fully saturated rings. The van der Waals surface area contributed by atoms with Crippen LogP contribution in [0.15, 0.2) is 48.7 Å². The predicted octanol–water partition coefficient (Wildman–Crippen LogP) is 3.57. The van der Waals surface area contributed by atoms with Crippen molar-refractivity contribution in [2.24, 2.45) is 0 Å². The Bertz CT molecular complexity index is 1090. The summed E-state index contributed by atoms with van der Waals surface area (Å²) in [7, 11) is 0. The highest BCUT2D eigenvalue weighted by Gasteiger charge is 2.22. The third-order valence-electron chi connectivity index (χ3n) is 5.76. The summed E-state index contributed by atoms with van der Waals surface area (Å²) in [6.45, 7) is 9.19. The van der Waals surface area contributed by atoms with Crippen LogP contribution >= 0.6 is 0 Å². The Morgan fingerprint density at radius 2 is 1.77 bits per heavy atom. The molecule has 2 heterocycles. The second kappa shape index (κ2) is 8.22. The summed E-state index contributed by atoms with van der Waals surface area (Å²) in [5.74, 6) is 0.0192. The van der Waals surface area contributed by atoms with E-state index in [1.807, 2.05) is 39.9 Å². The van der Waals surface area contributed by atoms with Gasteiger partial charge in [-0.05, 0) is 43.7 Å². The molecule has 0 saturated carbocycles. The predicted molar refractivity (Wildman–Crippen MR) is 121 cm³/mol. The summed E-state index contributed by atoms with van der Waals surface area (Å²) >= 11 is 0. The van der Waals surface area contributed by atoms with Crippen LogP contribution in [0, 0.1) is 13.8 Å². The van der Waals surface area contributed by atoms with Gasteiger partial charge in [0.15, 0.2) is 0 Å². The zero-order chi connectivity index (χ0) is 21.3. The number of aryl methyl sites for hydroxylation is 2. The second-order valence-corrected chi connectivity index (χ2v) is 8.02. The normalized spacial score (nSPS) is 14.2. The van der Waals surface area contributed by atoms with Gasteiger partial charge in [0.05, 0.1) is 11.2 Å². The van der Waals surface area contributed by atoms with Crippen LogP contribution in [0.25, 0.3) is 10.9 Å². The molecule has 4 rings (SSSR count). The molecule has 0 bridgehead atoms. The zero-order valence-corrected chi connectivity index (χ0v) is 17.8. The van der Waals surface area contributed by atoms with Gasteiger partial charge in [-0.2, -0.15) is 0 Å². The molecule has 0 aliphatic carbocycles. The number of rotatable bonds is 4. The van der Waals surface area contributed by atoms with Crippen molar-refractivity contribution >= 4 is 34.1 Å². The van der Waals surface area contributed by atoms with E-state index in [4.69, 9.17) is 0 Å². The van der Waals surface area contributed by atoms with Crippen molar-refractivity contribution in [3.05, 3.63) is 59.8 Å². The quantitative estimate of drug-likeness (QED) is 0.723. The van der Waals surface area contributed by atoms with Gasteiger partial charge in [0.25, 0.3) is 0 Å². The molecule has 0 spiro atoms. The fourth-order valence-corrected chi connectivity index (χ4v) is 4.26. The Morgan fingerprint density at radius 1 is 1.00 bits per heavy atom. The summed E-state index contributed by atoms with van der Waals surface area (Å²) in [6, 6.07) is 14.2. The van der Waals surface area contributed by atoms with Gasteiger partial charge >= 0.3 is 0 Å². The van der Waals surface area contributed by atoms with Crippen LogP contribution in [0.3, 0.4) is 0 Å². The van der Waals surface area contributed by atoms with Crippen molar-refractivity contribution in [2.45, 2.75) is 27.3 Å². The van der Waals surface area contributed by atoms with Crippen LogP contribution in [0.2, 0.25) is 0 Å². The van der Waals surface area contributed by atoms with Crippen molar-refractivity contribution in [2.75, 3.05) is 36.4 Å². The number of fused-ring (bicyclic) bond motifs is 1. The van der Waals surface area contributed by atoms with E-state index in [1.165, 1.54) is 23.7 Å². The fraction of sp³-hybridized carbons (Fsp3) is 0.333. The lowest BCUT2D eigenvalue weighted by Crippen LogP contribution is -2.49. The molecule has 1 aliphatic rings. The average Bonchev–Trinajstić information content (AvgIpc) is 3.12. The van der Waals surface area contributed by atoms with E-state index in [-0.39, 0.29) is 11.8 Å². The Kier molecular flexibility index (Phi) is 5.48. The lowest BCUT2D eigenvalue weighted by molar-refractivity contribution is -0.132. The van der Waals surface area contributed by atoms with E-state index in [0.29, 0.717) is 6.54 Å². The Balaban J connectivity index is 1.42. The molecular weight excluding hydrogens is 376 g/mol. The lowest BCUT2D eigenvalue weighted by Gasteiger charge is -2.37. The molecule has 2 amide bonds. The third kappa shape index (κ3) is 4.03. The van der Waals surface area contributed by atoms with Gasteiger partial charge in [-0.3, -0.25) is 9.59 Å². The van der Waals surface area contributed by atoms with Crippen LogP contribution in [0.4, 0.5) is 11.4 Å². The number of aromatic nitrogens is 1. The first-order valence-electron chi connectivity index (χ1n) is 10.4. The fourth-order valence-electron chi connectivity index (χ4n) is 4.26. The average molecular weight is 405 g/mol. The minimum absolute atomic E-state index is 0.104. The highest BCUT2D eigenvalue weighted by atomic mass is 16.2. The Hall–Kier alpha value is -3.28. The maximum Gasteiger partial charge on any atom is 0.242 e. The van der Waals surface area contributed by atoms with Crippen molar-refractivity contribution in [3.63, 3.8) is 0 Å². The topological polar surface area (TPSA) is 57.6 Å². The van der Waals surface area contributed by atoms with Gasteiger partial charge in [0.1, 0.15) is 6.54 Å². The van der Waals surface area contributed by atoms with E-state index in [0.717, 1.165) is 42.8 Å². The molecule has 6 heteroatoms. The molecule has 30 heavy (non-hydrogen) atoms. The molecule has 1 N–H and O–H groups in total. The van der Waals surface area contributed by atoms with Crippen LogP contribution in [0.1, 0.15) is 18.1 Å². The summed E-state index contributed by atoms with van der Waals surface area (Å²) < 4.78 is 1.96. The molecule has 1 saturated heterocycles. The van der Waals surface area contributed by atoms with Crippen LogP contribution < -0.4 is 10.2 Å². The summed E-state index contributed by atoms with van der Waals surface area (Å²) in [6.07, 6.45) is 1.92. The summed E-state index contributed by atoms with van der Waals surface area (Å²) in [4.78, 5) is 28.7. The standard InChI is InChI=1S/C24H28N4O2/c1-17-7-8-22(18(2)15-17)26-11-13-27(14-12-26)24(30)16-28-10-9-20-21(25-19(3)29)5-4-6-23(20)28/h4-10,15H,11-14,16H2,1-3H3,(H,25,29). The van der Waals surface area contributed by atoms with Gasteiger partial charge in [-0.25, -0.2) is 0 Å². The number of amides is 2. The first-order chi connectivity index (χ1) is 14.4. The lowest BCUT2D eigenvalue weighted by atomic mass is 10.1. The monoisotopic (exact) mass is 404 g/mol. The third-order valence-corrected chi connectivity index (χ3v) is 5.76. The maximum absolute atomic E-state index is 12.9. The SMILES string of the molecule is CC(=O)Nc1cccc2c1ccn2CC(=O)N1CCN(c2ccc(C)cc2C)CC1. The van der Waals surface area contributed by atoms with E-state index < -0.39 is 0 Å². The number of nitrogens with zero attached hydrogens (tertiary/aromatic N) is 3. The number of hydrogen-bond acceptors (Lipinski definition) is 3. The number of hydrogen-bond donors (Lipinski definition) is 1. The molecule has 156 valence electrons. The summed E-state index contributed by atoms with van der Waals surface area (Å²) in [5, 5.41) is 3.80. The second-order valence-electron chi connectivity index (χ2n) is 8.02. The molecule has 0 radical (unpaired) electrons. The van der Waals surface area contributed by atoms with E-state index in [1.54, 1.807) is 0 Å². The van der Waals surface area contributed by atoms with Crippen LogP contribution in [-0.2, 0) is 16.1 Å². The number of carbonyl (C=O) groups excluding carboxylic acids is 2. The minimum Gasteiger partial charge on any atom is -0.368 e. The Morgan fingerprint density at radius 3 is 2.47 bits per heavy atom. The molecule has 1 aliphatic heterocycles. The minimum atomic E-state index is -0.104. The Labute approximate surface area is 177 Å². The van der Waals surface area contributed by atoms with Crippen LogP contribution in [-0.4, -0.2) is 47.5 Å². The van der Waals surface area contributed by atoms with Gasteiger partial charge in [-0.15, -0.1) is 0 Å². The molecule has 0 unspecified atom stereocenters. The number of piperazine rings is 1. The van der Waals surface area contributed by atoms with Gasteiger partial charge in [-0.1, -0.05) is 23.8 Å². The van der Waals surface area contributed by atoms with Gasteiger partial charge in [0, 0.05) is 50.4 Å². The van der Waals surface area contributed by atoms with Gasteiger partial charge < -0.3 is 19.7 Å². The number of anilines is 2. The van der Waals surface area contributed by atoms with E-state index in [2.05, 4.69) is 42.3 Å². The molecular formula is C24H28N4O2. The smallest absolute Gasteiger partial charge is 0.242 e. The van der Waals surface area contributed by atoms with Crippen molar-refractivity contribution in [1.82, 2.24) is 9.47 Å². The van der Waals surface area contributed by atoms with Crippen LogP contribution in [0.5, 0.6) is 0 Å². The highest BCUT2D eigenvalue weighted by Crippen LogP contribution is 2.25. The number of benzene rings is 2. The van der Waals surface area contributed by atoms with Crippen molar-refractivity contribution < 1.29 is 9.59 Å². The largest absolute Gasteiger partial charge is 0.368 e. The molecule has 2 aromatic carbocycles. The van der Waals surface area contributed by atoms with Crippen molar-refractivity contribution in [1.29, 1.82) is 0 Å².